The summed E-state index contributed by atoms with van der Waals surface area (Å²) in [6.45, 7) is 0. The van der Waals surface area contributed by atoms with Gasteiger partial charge in [-0.2, -0.15) is 0 Å². The fourth-order valence-corrected chi connectivity index (χ4v) is 2.50. The molecule has 112 valence electrons. The lowest BCUT2D eigenvalue weighted by Gasteiger charge is -2.18. The second kappa shape index (κ2) is 6.17. The second-order valence-electron chi connectivity index (χ2n) is 4.98. The molecular formula is C16H14ClN3O2. The van der Waals surface area contributed by atoms with E-state index in [0.29, 0.717) is 10.6 Å². The van der Waals surface area contributed by atoms with Crippen LogP contribution in [0.1, 0.15) is 22.0 Å². The Labute approximate surface area is 132 Å². The van der Waals surface area contributed by atoms with Gasteiger partial charge in [-0.05, 0) is 29.8 Å². The van der Waals surface area contributed by atoms with E-state index >= 15 is 0 Å². The molecule has 0 spiro atoms. The average Bonchev–Trinajstić information content (AvgIpc) is 2.90. The molecule has 0 radical (unpaired) electrons. The van der Waals surface area contributed by atoms with Crippen molar-refractivity contribution in [2.75, 3.05) is 0 Å². The number of carbonyl (C=O) groups excluding carboxylic acids is 2. The highest BCUT2D eigenvalue weighted by atomic mass is 35.5. The van der Waals surface area contributed by atoms with Crippen molar-refractivity contribution in [1.29, 1.82) is 0 Å². The summed E-state index contributed by atoms with van der Waals surface area (Å²) in [6.07, 6.45) is 0. The van der Waals surface area contributed by atoms with Crippen molar-refractivity contribution in [1.82, 2.24) is 16.2 Å². The number of hydrazine groups is 1. The Kier molecular flexibility index (Phi) is 4.09. The minimum absolute atomic E-state index is 0.274. The first-order chi connectivity index (χ1) is 10.6. The van der Waals surface area contributed by atoms with E-state index in [1.54, 1.807) is 36.4 Å². The molecule has 2 atom stereocenters. The van der Waals surface area contributed by atoms with Crippen molar-refractivity contribution in [3.05, 3.63) is 70.7 Å². The van der Waals surface area contributed by atoms with Gasteiger partial charge in [0.2, 0.25) is 0 Å². The molecule has 5 nitrogen and oxygen atoms in total. The normalized spacial score (nSPS) is 20.5. The summed E-state index contributed by atoms with van der Waals surface area (Å²) in [5.41, 5.74) is 6.82. The lowest BCUT2D eigenvalue weighted by atomic mass is 10.0. The minimum Gasteiger partial charge on any atom is -0.338 e. The Bertz CT molecular complexity index is 688. The summed E-state index contributed by atoms with van der Waals surface area (Å²) in [4.78, 5) is 24.2. The van der Waals surface area contributed by atoms with Gasteiger partial charge in [-0.25, -0.2) is 5.43 Å². The third-order valence-electron chi connectivity index (χ3n) is 3.52. The first-order valence-corrected chi connectivity index (χ1v) is 7.20. The van der Waals surface area contributed by atoms with Gasteiger partial charge in [0.05, 0.1) is 6.04 Å². The summed E-state index contributed by atoms with van der Waals surface area (Å²) in [5, 5.41) is 3.38. The quantitative estimate of drug-likeness (QED) is 0.809. The van der Waals surface area contributed by atoms with Crippen molar-refractivity contribution >= 4 is 23.4 Å². The van der Waals surface area contributed by atoms with Gasteiger partial charge < -0.3 is 5.32 Å². The van der Waals surface area contributed by atoms with E-state index in [-0.39, 0.29) is 17.9 Å². The monoisotopic (exact) mass is 315 g/mol. The smallest absolute Gasteiger partial charge is 0.258 e. The maximum Gasteiger partial charge on any atom is 0.258 e. The molecule has 3 rings (SSSR count). The van der Waals surface area contributed by atoms with Crippen molar-refractivity contribution < 1.29 is 9.59 Å². The second-order valence-corrected chi connectivity index (χ2v) is 5.42. The molecule has 3 N–H and O–H groups in total. The molecule has 2 aromatic rings. The van der Waals surface area contributed by atoms with Crippen LogP contribution in [-0.4, -0.2) is 17.9 Å². The summed E-state index contributed by atoms with van der Waals surface area (Å²) in [5.74, 6) is -0.562. The zero-order valence-electron chi connectivity index (χ0n) is 11.5. The van der Waals surface area contributed by atoms with Gasteiger partial charge in [-0.1, -0.05) is 41.9 Å². The predicted molar refractivity (Wildman–Crippen MR) is 83.2 cm³/mol. The molecule has 6 heteroatoms. The van der Waals surface area contributed by atoms with E-state index < -0.39 is 6.04 Å². The molecule has 1 aliphatic rings. The number of carbonyl (C=O) groups is 2. The Morgan fingerprint density at radius 2 is 1.73 bits per heavy atom. The van der Waals surface area contributed by atoms with Crippen molar-refractivity contribution in [2.45, 2.75) is 12.1 Å². The minimum atomic E-state index is -0.686. The van der Waals surface area contributed by atoms with Crippen LogP contribution in [0.5, 0.6) is 0 Å². The van der Waals surface area contributed by atoms with Crippen LogP contribution in [0.3, 0.4) is 0 Å². The Hall–Kier alpha value is -2.37. The lowest BCUT2D eigenvalue weighted by molar-refractivity contribution is -0.121. The number of hydrogen-bond acceptors (Lipinski definition) is 3. The van der Waals surface area contributed by atoms with Crippen LogP contribution in [0, 0.1) is 0 Å². The van der Waals surface area contributed by atoms with E-state index in [2.05, 4.69) is 16.2 Å². The zero-order valence-corrected chi connectivity index (χ0v) is 12.3. The standard InChI is InChI=1S/C16H14ClN3O2/c17-12-8-6-10(7-9-12)13-14(16(22)20-19-13)18-15(21)11-4-2-1-3-5-11/h1-9,13-14,19H,(H,18,21)(H,20,22)/t13-,14+/m0/s1. The van der Waals surface area contributed by atoms with Gasteiger partial charge in [0.1, 0.15) is 6.04 Å². The van der Waals surface area contributed by atoms with Crippen molar-refractivity contribution in [3.63, 3.8) is 0 Å². The van der Waals surface area contributed by atoms with Crippen LogP contribution < -0.4 is 16.2 Å². The van der Waals surface area contributed by atoms with Gasteiger partial charge in [-0.15, -0.1) is 0 Å². The number of hydrogen-bond donors (Lipinski definition) is 3. The van der Waals surface area contributed by atoms with E-state index in [4.69, 9.17) is 11.6 Å². The molecule has 0 aliphatic carbocycles. The molecular weight excluding hydrogens is 302 g/mol. The third kappa shape index (κ3) is 2.95. The molecule has 1 heterocycles. The van der Waals surface area contributed by atoms with Crippen LogP contribution in [0.2, 0.25) is 5.02 Å². The van der Waals surface area contributed by atoms with Gasteiger partial charge in [0.15, 0.2) is 0 Å². The number of rotatable bonds is 3. The highest BCUT2D eigenvalue weighted by Crippen LogP contribution is 2.22. The predicted octanol–water partition coefficient (Wildman–Crippen LogP) is 1.81. The van der Waals surface area contributed by atoms with Gasteiger partial charge in [0, 0.05) is 10.6 Å². The number of nitrogens with one attached hydrogen (secondary N) is 3. The third-order valence-corrected chi connectivity index (χ3v) is 3.77. The first-order valence-electron chi connectivity index (χ1n) is 6.82. The average molecular weight is 316 g/mol. The fraction of sp³-hybridized carbons (Fsp3) is 0.125. The highest BCUT2D eigenvalue weighted by molar-refractivity contribution is 6.30. The molecule has 0 bridgehead atoms. The molecule has 1 saturated heterocycles. The number of benzene rings is 2. The maximum absolute atomic E-state index is 12.2. The van der Waals surface area contributed by atoms with Gasteiger partial charge >= 0.3 is 0 Å². The topological polar surface area (TPSA) is 70.2 Å². The zero-order chi connectivity index (χ0) is 15.5. The molecule has 1 aliphatic heterocycles. The molecule has 1 fully saturated rings. The van der Waals surface area contributed by atoms with Gasteiger partial charge in [0.25, 0.3) is 11.8 Å². The largest absolute Gasteiger partial charge is 0.338 e. The first kappa shape index (κ1) is 14.6. The Balaban J connectivity index is 1.79. The molecule has 2 aromatic carbocycles. The summed E-state index contributed by atoms with van der Waals surface area (Å²) in [6, 6.07) is 14.9. The van der Waals surface area contributed by atoms with E-state index in [9.17, 15) is 9.59 Å². The van der Waals surface area contributed by atoms with Crippen molar-refractivity contribution in [2.24, 2.45) is 0 Å². The summed E-state index contributed by atoms with van der Waals surface area (Å²) in [7, 11) is 0. The Morgan fingerprint density at radius 3 is 2.41 bits per heavy atom. The number of halogens is 1. The lowest BCUT2D eigenvalue weighted by Crippen LogP contribution is -2.42. The Morgan fingerprint density at radius 1 is 1.05 bits per heavy atom. The molecule has 0 unspecified atom stereocenters. The van der Waals surface area contributed by atoms with Crippen LogP contribution in [0.4, 0.5) is 0 Å². The van der Waals surface area contributed by atoms with Crippen LogP contribution in [0.15, 0.2) is 54.6 Å². The van der Waals surface area contributed by atoms with Crippen LogP contribution in [0.25, 0.3) is 0 Å². The molecule has 0 aromatic heterocycles. The van der Waals surface area contributed by atoms with Crippen LogP contribution >= 0.6 is 11.6 Å². The summed E-state index contributed by atoms with van der Waals surface area (Å²) < 4.78 is 0. The van der Waals surface area contributed by atoms with Gasteiger partial charge in [-0.3, -0.25) is 15.0 Å². The SMILES string of the molecule is O=C(N[C@H]1C(=O)NN[C@H]1c1ccc(Cl)cc1)c1ccccc1. The molecule has 0 saturated carbocycles. The summed E-state index contributed by atoms with van der Waals surface area (Å²) >= 11 is 5.88. The molecule has 22 heavy (non-hydrogen) atoms. The van der Waals surface area contributed by atoms with Crippen LogP contribution in [-0.2, 0) is 4.79 Å². The van der Waals surface area contributed by atoms with E-state index in [0.717, 1.165) is 5.56 Å². The highest BCUT2D eigenvalue weighted by Gasteiger charge is 2.36. The van der Waals surface area contributed by atoms with E-state index in [1.165, 1.54) is 0 Å². The fourth-order valence-electron chi connectivity index (χ4n) is 2.37. The number of amides is 2. The van der Waals surface area contributed by atoms with Crippen molar-refractivity contribution in [3.8, 4) is 0 Å². The molecule has 2 amide bonds. The maximum atomic E-state index is 12.2. The van der Waals surface area contributed by atoms with E-state index in [1.807, 2.05) is 18.2 Å².